The van der Waals surface area contributed by atoms with Crippen LogP contribution in [-0.2, 0) is 16.0 Å². The first-order chi connectivity index (χ1) is 21.6. The fourth-order valence-corrected chi connectivity index (χ4v) is 4.43. The van der Waals surface area contributed by atoms with Crippen LogP contribution in [0, 0.1) is 22.9 Å². The molecule has 248 valence electrons. The third-order valence-electron chi connectivity index (χ3n) is 6.30. The van der Waals surface area contributed by atoms with E-state index in [9.17, 15) is 35.9 Å². The molecule has 1 aliphatic carbocycles. The Morgan fingerprint density at radius 2 is 1.63 bits per heavy atom. The number of hydrogen-bond donors (Lipinski definition) is 4. The minimum Gasteiger partial charge on any atom is -0.401 e. The van der Waals surface area contributed by atoms with Gasteiger partial charge in [-0.1, -0.05) is 32.9 Å². The summed E-state index contributed by atoms with van der Waals surface area (Å²) >= 11 is 0. The summed E-state index contributed by atoms with van der Waals surface area (Å²) in [6.45, 7) is 5.88. The van der Waals surface area contributed by atoms with E-state index >= 15 is 0 Å². The number of nitrogens with two attached hydrogens (primary N) is 3. The lowest BCUT2D eigenvalue weighted by molar-refractivity contribution is -0.116. The number of primary amides is 2. The number of carbonyl (C=O) groups excluding carboxylic acids is 3. The van der Waals surface area contributed by atoms with Gasteiger partial charge >= 0.3 is 6.18 Å². The number of nitrogens with one attached hydrogen (secondary N) is 1. The van der Waals surface area contributed by atoms with Crippen LogP contribution < -0.4 is 17.2 Å². The van der Waals surface area contributed by atoms with Gasteiger partial charge in [0.05, 0.1) is 16.8 Å². The van der Waals surface area contributed by atoms with Gasteiger partial charge in [0.15, 0.2) is 5.78 Å². The van der Waals surface area contributed by atoms with Crippen molar-refractivity contribution in [3.8, 4) is 11.1 Å². The number of allylic oxidation sites excluding steroid dienone is 2. The summed E-state index contributed by atoms with van der Waals surface area (Å²) in [5.74, 6) is -3.69. The molecule has 8 nitrogen and oxygen atoms in total. The minimum atomic E-state index is -4.80. The van der Waals surface area contributed by atoms with Crippen LogP contribution in [0.25, 0.3) is 11.1 Å². The van der Waals surface area contributed by atoms with E-state index in [0.29, 0.717) is 35.2 Å². The van der Waals surface area contributed by atoms with Gasteiger partial charge in [-0.05, 0) is 60.7 Å². The molecule has 14 heteroatoms. The number of amides is 2. The smallest absolute Gasteiger partial charge is 0.401 e. The van der Waals surface area contributed by atoms with Crippen LogP contribution in [0.2, 0.25) is 0 Å². The third-order valence-corrected chi connectivity index (χ3v) is 6.30. The van der Waals surface area contributed by atoms with E-state index in [0.717, 1.165) is 6.07 Å². The van der Waals surface area contributed by atoms with Crippen LogP contribution in [0.5, 0.6) is 0 Å². The Hall–Kier alpha value is -5.01. The number of halogens is 6. The largest absolute Gasteiger partial charge is 0.433 e. The Morgan fingerprint density at radius 1 is 1.04 bits per heavy atom. The zero-order valence-electron chi connectivity index (χ0n) is 25.4. The van der Waals surface area contributed by atoms with Crippen molar-refractivity contribution in [1.29, 1.82) is 5.41 Å². The number of benzene rings is 2. The molecule has 7 N–H and O–H groups in total. The quantitative estimate of drug-likeness (QED) is 0.140. The number of ketones is 1. The van der Waals surface area contributed by atoms with E-state index in [1.807, 2.05) is 20.8 Å². The number of rotatable bonds is 6. The monoisotopic (exact) mass is 651 g/mol. The van der Waals surface area contributed by atoms with E-state index in [2.05, 4.69) is 10.7 Å². The molecule has 0 saturated heterocycles. The summed E-state index contributed by atoms with van der Waals surface area (Å²) < 4.78 is 77.0. The maximum absolute atomic E-state index is 13.8. The fraction of sp³-hybridized carbons (Fsp3) is 0.281. The average Bonchev–Trinajstić information content (AvgIpc) is 2.98. The van der Waals surface area contributed by atoms with Crippen molar-refractivity contribution in [1.82, 2.24) is 4.98 Å². The Bertz CT molecular complexity index is 1550. The zero-order valence-corrected chi connectivity index (χ0v) is 25.4. The minimum absolute atomic E-state index is 0.0362. The molecule has 1 unspecified atom stereocenters. The van der Waals surface area contributed by atoms with E-state index in [-0.39, 0.29) is 36.4 Å². The van der Waals surface area contributed by atoms with Crippen LogP contribution in [0.4, 0.5) is 26.3 Å². The standard InChI is InChI=1S/C21H17F3N2O.C8H9F3N2O.C2H6.CH3NO/c1-12(7-13-8-15(22)11-16(23)9-13)20-17(3-2-6-26-20)14-4-5-19(24)18(10-14)21(25)27;9-8(10,11)7(13)6-4(12)2-1-3-5(6)14;1-2;2-1-3/h2-6,8-12H,7H2,1H3,(H2,25,27);13H,1-3,12H2;1-2H3;1H,(H2,2,3). The van der Waals surface area contributed by atoms with Gasteiger partial charge in [-0.15, -0.1) is 0 Å². The lowest BCUT2D eigenvalue weighted by atomic mass is 9.91. The molecule has 1 heterocycles. The molecule has 0 saturated carbocycles. The van der Waals surface area contributed by atoms with Gasteiger partial charge in [0, 0.05) is 35.9 Å². The number of pyridine rings is 1. The highest BCUT2D eigenvalue weighted by Gasteiger charge is 2.40. The molecular formula is C32H35F6N5O3. The van der Waals surface area contributed by atoms with E-state index < -0.39 is 46.6 Å². The van der Waals surface area contributed by atoms with Crippen molar-refractivity contribution < 1.29 is 40.7 Å². The van der Waals surface area contributed by atoms with Gasteiger partial charge in [0.25, 0.3) is 5.91 Å². The highest BCUT2D eigenvalue weighted by molar-refractivity contribution is 6.24. The molecule has 46 heavy (non-hydrogen) atoms. The highest BCUT2D eigenvalue weighted by atomic mass is 19.4. The van der Waals surface area contributed by atoms with Crippen LogP contribution in [0.15, 0.2) is 66.0 Å². The summed E-state index contributed by atoms with van der Waals surface area (Å²) in [6.07, 6.45) is -1.83. The van der Waals surface area contributed by atoms with E-state index in [1.54, 1.807) is 18.3 Å². The summed E-state index contributed by atoms with van der Waals surface area (Å²) in [6, 6.07) is 11.0. The Balaban J connectivity index is 0.000000468. The van der Waals surface area contributed by atoms with Crippen LogP contribution in [0.1, 0.15) is 67.6 Å². The predicted molar refractivity (Wildman–Crippen MR) is 162 cm³/mol. The molecule has 0 bridgehead atoms. The second-order valence-electron chi connectivity index (χ2n) is 9.56. The summed E-state index contributed by atoms with van der Waals surface area (Å²) in [5, 5.41) is 6.81. The van der Waals surface area contributed by atoms with Gasteiger partial charge in [-0.25, -0.2) is 13.2 Å². The SMILES string of the molecule is CC.CC(Cc1cc(F)cc(F)c1)c1ncccc1-c1ccc(F)c(C(N)=O)c1.N=C(C1=C(N)CCCC1=O)C(F)(F)F.NC=O. The van der Waals surface area contributed by atoms with Gasteiger partial charge < -0.3 is 17.2 Å². The molecule has 2 aromatic carbocycles. The normalized spacial score (nSPS) is 13.1. The molecule has 3 aromatic rings. The molecule has 1 aliphatic rings. The van der Waals surface area contributed by atoms with Crippen LogP contribution in [0.3, 0.4) is 0 Å². The number of carbonyl (C=O) groups is 3. The summed E-state index contributed by atoms with van der Waals surface area (Å²) in [7, 11) is 0. The van der Waals surface area contributed by atoms with Gasteiger partial charge in [-0.3, -0.25) is 24.8 Å². The highest BCUT2D eigenvalue weighted by Crippen LogP contribution is 2.31. The lowest BCUT2D eigenvalue weighted by Crippen LogP contribution is -2.32. The molecule has 0 aliphatic heterocycles. The van der Waals surface area contributed by atoms with Gasteiger partial charge in [0.1, 0.15) is 23.2 Å². The number of Topliss-reactive ketones (excluding diaryl/α,β-unsaturated/α-hetero) is 1. The Morgan fingerprint density at radius 3 is 2.15 bits per heavy atom. The molecule has 1 aromatic heterocycles. The number of alkyl halides is 3. The molecular weight excluding hydrogens is 616 g/mol. The number of nitrogens with zero attached hydrogens (tertiary/aromatic N) is 1. The maximum atomic E-state index is 13.8. The Kier molecular flexibility index (Phi) is 15.3. The second-order valence-corrected chi connectivity index (χ2v) is 9.56. The number of hydrogen-bond acceptors (Lipinski definition) is 6. The molecule has 4 rings (SSSR count). The van der Waals surface area contributed by atoms with Crippen molar-refractivity contribution in [2.24, 2.45) is 17.2 Å². The summed E-state index contributed by atoms with van der Waals surface area (Å²) in [5.41, 5.74) is 14.5. The van der Waals surface area contributed by atoms with Crippen molar-refractivity contribution in [3.05, 3.63) is 100 Å². The maximum Gasteiger partial charge on any atom is 0.433 e. The van der Waals surface area contributed by atoms with Crippen LogP contribution >= 0.6 is 0 Å². The van der Waals surface area contributed by atoms with Crippen molar-refractivity contribution >= 4 is 23.8 Å². The predicted octanol–water partition coefficient (Wildman–Crippen LogP) is 6.27. The van der Waals surface area contributed by atoms with Gasteiger partial charge in [0.2, 0.25) is 6.41 Å². The average molecular weight is 652 g/mol. The topological polar surface area (TPSA) is 166 Å². The molecule has 0 radical (unpaired) electrons. The first kappa shape index (κ1) is 39.0. The van der Waals surface area contributed by atoms with E-state index in [1.165, 1.54) is 30.3 Å². The Labute approximate surface area is 262 Å². The first-order valence-corrected chi connectivity index (χ1v) is 13.9. The molecule has 0 fully saturated rings. The van der Waals surface area contributed by atoms with Crippen molar-refractivity contribution in [2.45, 2.75) is 58.5 Å². The number of aromatic nitrogens is 1. The second kappa shape index (κ2) is 18.1. The third kappa shape index (κ3) is 11.2. The zero-order chi connectivity index (χ0) is 35.2. The van der Waals surface area contributed by atoms with Crippen molar-refractivity contribution in [2.75, 3.05) is 0 Å². The van der Waals surface area contributed by atoms with E-state index in [4.69, 9.17) is 21.7 Å². The molecule has 2 amide bonds. The molecule has 0 spiro atoms. The fourth-order valence-electron chi connectivity index (χ4n) is 4.43. The van der Waals surface area contributed by atoms with Crippen LogP contribution in [-0.4, -0.2) is 35.0 Å². The summed E-state index contributed by atoms with van der Waals surface area (Å²) in [4.78, 5) is 35.5. The lowest BCUT2D eigenvalue weighted by Gasteiger charge is -2.18. The van der Waals surface area contributed by atoms with Gasteiger partial charge in [-0.2, -0.15) is 13.2 Å². The van der Waals surface area contributed by atoms with Crippen molar-refractivity contribution in [3.63, 3.8) is 0 Å². The molecule has 1 atom stereocenters. The first-order valence-electron chi connectivity index (χ1n) is 13.9.